The lowest BCUT2D eigenvalue weighted by Crippen LogP contribution is -2.33. The van der Waals surface area contributed by atoms with E-state index in [1.54, 1.807) is 24.9 Å². The summed E-state index contributed by atoms with van der Waals surface area (Å²) in [6.45, 7) is 2.05. The van der Waals surface area contributed by atoms with Crippen LogP contribution in [0.2, 0.25) is 0 Å². The minimum Gasteiger partial charge on any atom is -0.465 e. The second-order valence-corrected chi connectivity index (χ2v) is 6.51. The third-order valence-electron chi connectivity index (χ3n) is 4.81. The molecule has 2 aromatic rings. The first-order chi connectivity index (χ1) is 12.0. The van der Waals surface area contributed by atoms with Crippen molar-refractivity contribution in [1.82, 2.24) is 4.90 Å². The van der Waals surface area contributed by atoms with Crippen LogP contribution < -0.4 is 0 Å². The monoisotopic (exact) mass is 341 g/mol. The number of carbonyl (C=O) groups excluding carboxylic acids is 2. The summed E-state index contributed by atoms with van der Waals surface area (Å²) in [6.07, 6.45) is 2.92. The van der Waals surface area contributed by atoms with Crippen LogP contribution in [0.15, 0.2) is 34.7 Å². The molecule has 1 unspecified atom stereocenters. The van der Waals surface area contributed by atoms with Crippen LogP contribution in [-0.2, 0) is 22.5 Å². The number of hydrogen-bond donors (Lipinski definition) is 0. The number of aryl methyl sites for hydroxylation is 2. The third-order valence-corrected chi connectivity index (χ3v) is 4.81. The molecule has 0 fully saturated rings. The lowest BCUT2D eigenvalue weighted by atomic mass is 9.82. The van der Waals surface area contributed by atoms with Crippen molar-refractivity contribution in [3.63, 3.8) is 0 Å². The average Bonchev–Trinajstić information content (AvgIpc) is 3.00. The van der Waals surface area contributed by atoms with E-state index in [-0.39, 0.29) is 11.8 Å². The molecule has 1 amide bonds. The first-order valence-electron chi connectivity index (χ1n) is 8.51. The number of methoxy groups -OCH3 is 1. The van der Waals surface area contributed by atoms with Crippen molar-refractivity contribution in [1.29, 1.82) is 0 Å². The van der Waals surface area contributed by atoms with Gasteiger partial charge in [0, 0.05) is 7.05 Å². The molecule has 3 rings (SSSR count). The Morgan fingerprint density at radius 2 is 2.08 bits per heavy atom. The summed E-state index contributed by atoms with van der Waals surface area (Å²) in [5, 5.41) is 0. The number of fused-ring (bicyclic) bond motifs is 1. The van der Waals surface area contributed by atoms with Crippen molar-refractivity contribution < 1.29 is 18.7 Å². The Labute approximate surface area is 147 Å². The van der Waals surface area contributed by atoms with E-state index in [9.17, 15) is 9.59 Å². The van der Waals surface area contributed by atoms with Crippen LogP contribution in [0.5, 0.6) is 0 Å². The van der Waals surface area contributed by atoms with E-state index in [0.29, 0.717) is 23.6 Å². The smallest absolute Gasteiger partial charge is 0.341 e. The highest BCUT2D eigenvalue weighted by atomic mass is 16.5. The van der Waals surface area contributed by atoms with Crippen LogP contribution in [-0.4, -0.2) is 30.9 Å². The van der Waals surface area contributed by atoms with Gasteiger partial charge in [-0.2, -0.15) is 0 Å². The maximum absolute atomic E-state index is 12.9. The summed E-state index contributed by atoms with van der Waals surface area (Å²) in [6, 6.07) is 9.82. The number of nitrogens with zero attached hydrogens (tertiary/aromatic N) is 1. The molecule has 1 aromatic heterocycles. The standard InChI is InChI=1S/C20H23NO4/c1-13-18(20(23)24-3)11-15(25-13)12-21(2)19(22)17-10-6-8-14-7-4-5-9-16(14)17/h4-5,7,9,11,17H,6,8,10,12H2,1-3H3. The van der Waals surface area contributed by atoms with Crippen molar-refractivity contribution >= 4 is 11.9 Å². The first-order valence-corrected chi connectivity index (χ1v) is 8.51. The van der Waals surface area contributed by atoms with Gasteiger partial charge in [-0.05, 0) is 43.4 Å². The summed E-state index contributed by atoms with van der Waals surface area (Å²) in [5.74, 6) is 0.637. The molecule has 0 saturated carbocycles. The van der Waals surface area contributed by atoms with Gasteiger partial charge in [-0.25, -0.2) is 4.79 Å². The number of rotatable bonds is 4. The predicted molar refractivity (Wildman–Crippen MR) is 93.4 cm³/mol. The second kappa shape index (κ2) is 7.13. The minimum absolute atomic E-state index is 0.0841. The highest BCUT2D eigenvalue weighted by molar-refractivity contribution is 5.90. The number of likely N-dealkylation sites (N-methyl/N-ethyl adjacent to an activating group) is 1. The molecule has 132 valence electrons. The van der Waals surface area contributed by atoms with Crippen LogP contribution >= 0.6 is 0 Å². The van der Waals surface area contributed by atoms with E-state index in [0.717, 1.165) is 24.8 Å². The zero-order chi connectivity index (χ0) is 18.0. The van der Waals surface area contributed by atoms with E-state index < -0.39 is 5.97 Å². The molecule has 1 heterocycles. The first kappa shape index (κ1) is 17.3. The lowest BCUT2D eigenvalue weighted by molar-refractivity contribution is -0.132. The van der Waals surface area contributed by atoms with Crippen LogP contribution in [0.3, 0.4) is 0 Å². The van der Waals surface area contributed by atoms with Crippen LogP contribution in [0, 0.1) is 6.92 Å². The predicted octanol–water partition coefficient (Wildman–Crippen LogP) is 3.45. The van der Waals surface area contributed by atoms with Gasteiger partial charge >= 0.3 is 5.97 Å². The Balaban J connectivity index is 1.75. The Bertz CT molecular complexity index is 793. The number of benzene rings is 1. The Morgan fingerprint density at radius 1 is 1.32 bits per heavy atom. The molecule has 0 N–H and O–H groups in total. The Hall–Kier alpha value is -2.56. The molecule has 1 aromatic carbocycles. The normalized spacial score (nSPS) is 16.2. The van der Waals surface area contributed by atoms with Crippen molar-refractivity contribution in [3.8, 4) is 0 Å². The number of esters is 1. The molecule has 0 spiro atoms. The molecule has 25 heavy (non-hydrogen) atoms. The molecular formula is C20H23NO4. The molecule has 0 radical (unpaired) electrons. The van der Waals surface area contributed by atoms with E-state index in [1.165, 1.54) is 12.7 Å². The zero-order valence-electron chi connectivity index (χ0n) is 14.9. The SMILES string of the molecule is COC(=O)c1cc(CN(C)C(=O)C2CCCc3ccccc32)oc1C. The number of carbonyl (C=O) groups is 2. The summed E-state index contributed by atoms with van der Waals surface area (Å²) in [7, 11) is 3.11. The average molecular weight is 341 g/mol. The van der Waals surface area contributed by atoms with E-state index in [4.69, 9.17) is 9.15 Å². The fourth-order valence-corrected chi connectivity index (χ4v) is 3.52. The van der Waals surface area contributed by atoms with Gasteiger partial charge in [0.2, 0.25) is 5.91 Å². The fraction of sp³-hybridized carbons (Fsp3) is 0.400. The van der Waals surface area contributed by atoms with Gasteiger partial charge in [-0.15, -0.1) is 0 Å². The van der Waals surface area contributed by atoms with Crippen LogP contribution in [0.25, 0.3) is 0 Å². The topological polar surface area (TPSA) is 59.8 Å². The molecule has 0 bridgehead atoms. The minimum atomic E-state index is -0.428. The van der Waals surface area contributed by atoms with Crippen LogP contribution in [0.1, 0.15) is 51.8 Å². The summed E-state index contributed by atoms with van der Waals surface area (Å²) in [4.78, 5) is 26.3. The summed E-state index contributed by atoms with van der Waals surface area (Å²) < 4.78 is 10.4. The van der Waals surface area contributed by atoms with E-state index in [1.807, 2.05) is 12.1 Å². The number of furan rings is 1. The Morgan fingerprint density at radius 3 is 2.84 bits per heavy atom. The van der Waals surface area contributed by atoms with Gasteiger partial charge in [0.25, 0.3) is 0 Å². The summed E-state index contributed by atoms with van der Waals surface area (Å²) >= 11 is 0. The number of hydrogen-bond acceptors (Lipinski definition) is 4. The van der Waals surface area contributed by atoms with Gasteiger partial charge in [0.15, 0.2) is 0 Å². The van der Waals surface area contributed by atoms with Gasteiger partial charge in [-0.1, -0.05) is 24.3 Å². The maximum Gasteiger partial charge on any atom is 0.341 e. The quantitative estimate of drug-likeness (QED) is 0.799. The lowest BCUT2D eigenvalue weighted by Gasteiger charge is -2.28. The maximum atomic E-state index is 12.9. The van der Waals surface area contributed by atoms with E-state index in [2.05, 4.69) is 12.1 Å². The molecule has 0 saturated heterocycles. The van der Waals surface area contributed by atoms with Crippen LogP contribution in [0.4, 0.5) is 0 Å². The molecule has 5 heteroatoms. The van der Waals surface area contributed by atoms with Gasteiger partial charge in [-0.3, -0.25) is 4.79 Å². The molecule has 1 aliphatic carbocycles. The Kier molecular flexibility index (Phi) is 4.93. The second-order valence-electron chi connectivity index (χ2n) is 6.51. The molecule has 0 aliphatic heterocycles. The van der Waals surface area contributed by atoms with Gasteiger partial charge in [0.1, 0.15) is 17.1 Å². The van der Waals surface area contributed by atoms with Gasteiger partial charge in [0.05, 0.1) is 19.6 Å². The van der Waals surface area contributed by atoms with Crippen molar-refractivity contribution in [2.75, 3.05) is 14.2 Å². The molecule has 1 aliphatic rings. The van der Waals surface area contributed by atoms with Crippen molar-refractivity contribution in [2.45, 2.75) is 38.6 Å². The fourth-order valence-electron chi connectivity index (χ4n) is 3.52. The molecule has 1 atom stereocenters. The highest BCUT2D eigenvalue weighted by Gasteiger charge is 2.29. The molecule has 5 nitrogen and oxygen atoms in total. The van der Waals surface area contributed by atoms with E-state index >= 15 is 0 Å². The zero-order valence-corrected chi connectivity index (χ0v) is 14.9. The molecular weight excluding hydrogens is 318 g/mol. The number of ether oxygens (including phenoxy) is 1. The highest BCUT2D eigenvalue weighted by Crippen LogP contribution is 2.33. The largest absolute Gasteiger partial charge is 0.465 e. The third kappa shape index (κ3) is 3.45. The van der Waals surface area contributed by atoms with Gasteiger partial charge < -0.3 is 14.1 Å². The van der Waals surface area contributed by atoms with Crippen molar-refractivity contribution in [2.24, 2.45) is 0 Å². The summed E-state index contributed by atoms with van der Waals surface area (Å²) in [5.41, 5.74) is 2.81. The number of amides is 1. The van der Waals surface area contributed by atoms with Crippen molar-refractivity contribution in [3.05, 3.63) is 58.5 Å².